The number of H-pyrrole nitrogens is 1. The summed E-state index contributed by atoms with van der Waals surface area (Å²) in [6.45, 7) is 0. The summed E-state index contributed by atoms with van der Waals surface area (Å²) in [6, 6.07) is 17.9. The average Bonchev–Trinajstić information content (AvgIpc) is 2.96. The van der Waals surface area contributed by atoms with Crippen molar-refractivity contribution < 1.29 is 0 Å². The topological polar surface area (TPSA) is 101 Å². The van der Waals surface area contributed by atoms with E-state index in [1.807, 2.05) is 30.3 Å². The van der Waals surface area contributed by atoms with Crippen LogP contribution in [0.3, 0.4) is 0 Å². The fraction of sp³-hybridized carbons (Fsp3) is 0. The monoisotopic (exact) mass is 364 g/mol. The van der Waals surface area contributed by atoms with Gasteiger partial charge in [0.2, 0.25) is 0 Å². The molecule has 7 nitrogen and oxygen atoms in total. The van der Waals surface area contributed by atoms with Gasteiger partial charge in [0.05, 0.1) is 10.7 Å². The third kappa shape index (κ3) is 2.84. The number of azo groups is 1. The first-order valence-corrected chi connectivity index (χ1v) is 8.14. The predicted octanol–water partition coefficient (Wildman–Crippen LogP) is 4.34. The van der Waals surface area contributed by atoms with Crippen LogP contribution in [0.4, 0.5) is 17.2 Å². The Morgan fingerprint density at radius 2 is 1.77 bits per heavy atom. The van der Waals surface area contributed by atoms with Crippen molar-refractivity contribution in [3.05, 3.63) is 76.0 Å². The van der Waals surface area contributed by atoms with Crippen LogP contribution in [0.25, 0.3) is 16.9 Å². The van der Waals surface area contributed by atoms with E-state index in [0.717, 1.165) is 5.56 Å². The van der Waals surface area contributed by atoms with E-state index < -0.39 is 0 Å². The first-order chi connectivity index (χ1) is 12.6. The second-order valence-electron chi connectivity index (χ2n) is 5.53. The van der Waals surface area contributed by atoms with Gasteiger partial charge in [0.25, 0.3) is 5.56 Å². The number of aromatic amines is 1. The summed E-state index contributed by atoms with van der Waals surface area (Å²) in [4.78, 5) is 14.9. The molecule has 0 atom stereocenters. The van der Waals surface area contributed by atoms with Crippen LogP contribution >= 0.6 is 11.6 Å². The largest absolute Gasteiger partial charge is 0.380 e. The zero-order chi connectivity index (χ0) is 18.1. The van der Waals surface area contributed by atoms with Crippen molar-refractivity contribution >= 4 is 34.4 Å². The molecule has 4 rings (SSSR count). The first kappa shape index (κ1) is 16.0. The minimum Gasteiger partial charge on any atom is -0.380 e. The Morgan fingerprint density at radius 1 is 1.04 bits per heavy atom. The normalized spacial score (nSPS) is 11.4. The lowest BCUT2D eigenvalue weighted by Crippen LogP contribution is -2.09. The summed E-state index contributed by atoms with van der Waals surface area (Å²) >= 11 is 6.09. The van der Waals surface area contributed by atoms with E-state index in [2.05, 4.69) is 20.3 Å². The van der Waals surface area contributed by atoms with Crippen LogP contribution in [-0.4, -0.2) is 14.6 Å². The van der Waals surface area contributed by atoms with Gasteiger partial charge in [0, 0.05) is 11.6 Å². The fourth-order valence-electron chi connectivity index (χ4n) is 2.60. The summed E-state index contributed by atoms with van der Waals surface area (Å²) in [5.74, 6) is 0.153. The molecule has 8 heteroatoms. The summed E-state index contributed by atoms with van der Waals surface area (Å²) in [7, 11) is 0. The number of hydrogen-bond donors (Lipinski definition) is 2. The molecule has 0 aliphatic rings. The maximum atomic E-state index is 12.1. The summed E-state index contributed by atoms with van der Waals surface area (Å²) in [6.07, 6.45) is 0. The molecular formula is C18H13ClN6O. The number of hydrogen-bond acceptors (Lipinski definition) is 5. The van der Waals surface area contributed by atoms with E-state index in [1.54, 1.807) is 28.8 Å². The number of fused-ring (bicyclic) bond motifs is 1. The first-order valence-electron chi connectivity index (χ1n) is 7.77. The van der Waals surface area contributed by atoms with Crippen LogP contribution in [-0.2, 0) is 0 Å². The number of nitrogens with one attached hydrogen (secondary N) is 1. The molecule has 0 aliphatic heterocycles. The van der Waals surface area contributed by atoms with Crippen molar-refractivity contribution in [1.29, 1.82) is 0 Å². The highest BCUT2D eigenvalue weighted by Gasteiger charge is 2.15. The van der Waals surface area contributed by atoms with Crippen molar-refractivity contribution in [2.75, 3.05) is 5.73 Å². The third-order valence-corrected chi connectivity index (χ3v) is 4.12. The highest BCUT2D eigenvalue weighted by atomic mass is 35.5. The van der Waals surface area contributed by atoms with Crippen LogP contribution in [0, 0.1) is 0 Å². The maximum Gasteiger partial charge on any atom is 0.251 e. The van der Waals surface area contributed by atoms with Crippen molar-refractivity contribution in [2.45, 2.75) is 0 Å². The zero-order valence-electron chi connectivity index (χ0n) is 13.4. The standard InChI is InChI=1S/C18H13ClN6O/c19-12-8-4-5-9-13(12)22-23-16-17(20)24-25-14(10-15(26)21-18(16)25)11-6-2-1-3-7-11/h1-10H,(H2,20,24)(H,21,26). The average molecular weight is 365 g/mol. The van der Waals surface area contributed by atoms with Gasteiger partial charge in [-0.1, -0.05) is 54.1 Å². The van der Waals surface area contributed by atoms with E-state index in [1.165, 1.54) is 6.07 Å². The molecular weight excluding hydrogens is 352 g/mol. The molecule has 0 saturated heterocycles. The van der Waals surface area contributed by atoms with Crippen LogP contribution in [0.2, 0.25) is 5.02 Å². The van der Waals surface area contributed by atoms with Gasteiger partial charge in [-0.05, 0) is 12.1 Å². The number of nitrogens with two attached hydrogens (primary N) is 1. The van der Waals surface area contributed by atoms with Crippen molar-refractivity contribution in [1.82, 2.24) is 14.6 Å². The van der Waals surface area contributed by atoms with Gasteiger partial charge in [-0.25, -0.2) is 4.52 Å². The van der Waals surface area contributed by atoms with E-state index in [-0.39, 0.29) is 17.1 Å². The molecule has 0 aliphatic carbocycles. The molecule has 26 heavy (non-hydrogen) atoms. The smallest absolute Gasteiger partial charge is 0.251 e. The number of halogens is 1. The number of aromatic nitrogens is 3. The molecule has 0 radical (unpaired) electrons. The molecule has 3 N–H and O–H groups in total. The van der Waals surface area contributed by atoms with Crippen molar-refractivity contribution in [2.24, 2.45) is 10.2 Å². The molecule has 0 amide bonds. The van der Waals surface area contributed by atoms with E-state index in [9.17, 15) is 4.79 Å². The Bertz CT molecular complexity index is 1180. The maximum absolute atomic E-state index is 12.1. The van der Waals surface area contributed by atoms with E-state index in [4.69, 9.17) is 17.3 Å². The number of anilines is 1. The Hall–Kier alpha value is -3.45. The number of benzene rings is 2. The van der Waals surface area contributed by atoms with Gasteiger partial charge in [-0.3, -0.25) is 4.79 Å². The molecule has 2 heterocycles. The van der Waals surface area contributed by atoms with Crippen LogP contribution in [0.15, 0.2) is 75.7 Å². The Morgan fingerprint density at radius 3 is 2.54 bits per heavy atom. The number of nitrogen functional groups attached to an aromatic ring is 1. The van der Waals surface area contributed by atoms with Crippen molar-refractivity contribution in [3.63, 3.8) is 0 Å². The summed E-state index contributed by atoms with van der Waals surface area (Å²) < 4.78 is 1.55. The highest BCUT2D eigenvalue weighted by molar-refractivity contribution is 6.32. The Labute approximate surface area is 152 Å². The van der Waals surface area contributed by atoms with Crippen LogP contribution in [0.1, 0.15) is 0 Å². The second kappa shape index (κ2) is 6.45. The quantitative estimate of drug-likeness (QED) is 0.528. The van der Waals surface area contributed by atoms with Gasteiger partial charge in [0.1, 0.15) is 5.69 Å². The minimum atomic E-state index is -0.287. The highest BCUT2D eigenvalue weighted by Crippen LogP contribution is 2.32. The Balaban J connectivity index is 1.90. The zero-order valence-corrected chi connectivity index (χ0v) is 14.2. The van der Waals surface area contributed by atoms with E-state index in [0.29, 0.717) is 22.1 Å². The number of nitrogens with zero attached hydrogens (tertiary/aromatic N) is 4. The van der Waals surface area contributed by atoms with Gasteiger partial charge in [0.15, 0.2) is 17.2 Å². The molecule has 0 fully saturated rings. The SMILES string of the molecule is Nc1nn2c(-c3ccccc3)cc(=O)[nH]c2c1N=Nc1ccccc1Cl. The van der Waals surface area contributed by atoms with Crippen LogP contribution in [0.5, 0.6) is 0 Å². The molecule has 0 spiro atoms. The summed E-state index contributed by atoms with van der Waals surface area (Å²) in [5, 5.41) is 13.1. The number of rotatable bonds is 3. The van der Waals surface area contributed by atoms with Gasteiger partial charge >= 0.3 is 0 Å². The second-order valence-corrected chi connectivity index (χ2v) is 5.94. The van der Waals surface area contributed by atoms with Gasteiger partial charge in [-0.2, -0.15) is 0 Å². The molecule has 0 saturated carbocycles. The predicted molar refractivity (Wildman–Crippen MR) is 101 cm³/mol. The van der Waals surface area contributed by atoms with Crippen molar-refractivity contribution in [3.8, 4) is 11.3 Å². The summed E-state index contributed by atoms with van der Waals surface area (Å²) in [5.41, 5.74) is 8.30. The molecule has 4 aromatic rings. The molecule has 2 aromatic carbocycles. The fourth-order valence-corrected chi connectivity index (χ4v) is 2.77. The molecule has 2 aromatic heterocycles. The lowest BCUT2D eigenvalue weighted by Gasteiger charge is -2.04. The van der Waals surface area contributed by atoms with Crippen LogP contribution < -0.4 is 11.3 Å². The van der Waals surface area contributed by atoms with Gasteiger partial charge < -0.3 is 10.7 Å². The van der Waals surface area contributed by atoms with E-state index >= 15 is 0 Å². The molecule has 0 bridgehead atoms. The lowest BCUT2D eigenvalue weighted by molar-refractivity contribution is 0.945. The third-order valence-electron chi connectivity index (χ3n) is 3.80. The Kier molecular flexibility index (Phi) is 3.98. The lowest BCUT2D eigenvalue weighted by atomic mass is 10.1. The molecule has 128 valence electrons. The molecule has 0 unspecified atom stereocenters. The van der Waals surface area contributed by atoms with Gasteiger partial charge in [-0.15, -0.1) is 15.3 Å². The minimum absolute atomic E-state index is 0.153.